The SMILES string of the molecule is CCN1CC(=O)N(C(C)(C)CCC(=O)CCCC(=O)CCC(C)(C)N2C(=S)CN(CC)C2=S)C1=O. The molecule has 10 heteroatoms. The Morgan fingerprint density at radius 3 is 1.69 bits per heavy atom. The van der Waals surface area contributed by atoms with E-state index >= 15 is 0 Å². The van der Waals surface area contributed by atoms with Gasteiger partial charge >= 0.3 is 6.03 Å². The Morgan fingerprint density at radius 1 is 0.771 bits per heavy atom. The van der Waals surface area contributed by atoms with E-state index in [0.717, 1.165) is 16.6 Å². The van der Waals surface area contributed by atoms with Gasteiger partial charge in [-0.2, -0.15) is 0 Å². The first-order valence-corrected chi connectivity index (χ1v) is 13.3. The number of nitrogens with zero attached hydrogens (tertiary/aromatic N) is 4. The molecule has 0 aromatic carbocycles. The first-order chi connectivity index (χ1) is 16.2. The van der Waals surface area contributed by atoms with Gasteiger partial charge in [0, 0.05) is 49.9 Å². The Bertz CT molecular complexity index is 817. The average Bonchev–Trinajstić information content (AvgIpc) is 3.24. The van der Waals surface area contributed by atoms with Crippen molar-refractivity contribution in [3.8, 4) is 0 Å². The second-order valence-electron chi connectivity index (χ2n) is 10.6. The van der Waals surface area contributed by atoms with Crippen molar-refractivity contribution in [2.24, 2.45) is 0 Å². The van der Waals surface area contributed by atoms with Crippen LogP contribution in [0.5, 0.6) is 0 Å². The number of Topliss-reactive ketones (excluding diaryl/α,β-unsaturated/α-hetero) is 2. The van der Waals surface area contributed by atoms with Gasteiger partial charge in [-0.05, 0) is 73.0 Å². The van der Waals surface area contributed by atoms with Gasteiger partial charge in [0.05, 0.1) is 6.54 Å². The number of likely N-dealkylation sites (N-methyl/N-ethyl adjacent to an activating group) is 2. The molecule has 0 saturated carbocycles. The summed E-state index contributed by atoms with van der Waals surface area (Å²) in [6.07, 6.45) is 2.92. The minimum atomic E-state index is -0.723. The fraction of sp³-hybridized carbons (Fsp3) is 0.760. The third kappa shape index (κ3) is 7.06. The topological polar surface area (TPSA) is 81.2 Å². The molecule has 8 nitrogen and oxygen atoms in total. The molecule has 2 heterocycles. The van der Waals surface area contributed by atoms with E-state index < -0.39 is 5.54 Å². The van der Waals surface area contributed by atoms with Crippen LogP contribution in [0, 0.1) is 0 Å². The molecule has 0 aliphatic carbocycles. The molecule has 0 aromatic heterocycles. The molecule has 0 N–H and O–H groups in total. The highest BCUT2D eigenvalue weighted by Gasteiger charge is 2.44. The lowest BCUT2D eigenvalue weighted by atomic mass is 9.92. The molecule has 2 saturated heterocycles. The number of carbonyl (C=O) groups is 4. The van der Waals surface area contributed by atoms with Crippen LogP contribution in [0.4, 0.5) is 4.79 Å². The predicted octanol–water partition coefficient (Wildman–Crippen LogP) is 3.95. The summed E-state index contributed by atoms with van der Waals surface area (Å²) in [5, 5.41) is 0.725. The summed E-state index contributed by atoms with van der Waals surface area (Å²) in [7, 11) is 0. The van der Waals surface area contributed by atoms with Gasteiger partial charge in [-0.15, -0.1) is 0 Å². The molecule has 35 heavy (non-hydrogen) atoms. The highest BCUT2D eigenvalue weighted by atomic mass is 32.1. The maximum atomic E-state index is 12.5. The van der Waals surface area contributed by atoms with Crippen molar-refractivity contribution in [1.29, 1.82) is 0 Å². The molecule has 196 valence electrons. The van der Waals surface area contributed by atoms with E-state index in [2.05, 4.69) is 18.7 Å². The maximum Gasteiger partial charge on any atom is 0.327 e. The van der Waals surface area contributed by atoms with Crippen LogP contribution in [0.25, 0.3) is 0 Å². The van der Waals surface area contributed by atoms with E-state index in [1.54, 1.807) is 0 Å². The number of amides is 3. The third-order valence-electron chi connectivity index (χ3n) is 6.99. The summed E-state index contributed by atoms with van der Waals surface area (Å²) in [6.45, 7) is 13.7. The van der Waals surface area contributed by atoms with Crippen molar-refractivity contribution in [3.63, 3.8) is 0 Å². The van der Waals surface area contributed by atoms with Crippen LogP contribution < -0.4 is 0 Å². The van der Waals surface area contributed by atoms with E-state index in [0.29, 0.717) is 51.6 Å². The minimum absolute atomic E-state index is 0.0464. The summed E-state index contributed by atoms with van der Waals surface area (Å²) in [6, 6.07) is -0.290. The van der Waals surface area contributed by atoms with E-state index in [1.165, 1.54) is 9.80 Å². The van der Waals surface area contributed by atoms with Gasteiger partial charge in [-0.1, -0.05) is 12.2 Å². The van der Waals surface area contributed by atoms with Gasteiger partial charge in [-0.25, -0.2) is 4.79 Å². The molecule has 2 fully saturated rings. The van der Waals surface area contributed by atoms with Crippen LogP contribution in [0.3, 0.4) is 0 Å². The summed E-state index contributed by atoms with van der Waals surface area (Å²) < 4.78 is 0. The van der Waals surface area contributed by atoms with Crippen molar-refractivity contribution in [2.75, 3.05) is 26.2 Å². The number of imide groups is 1. The predicted molar refractivity (Wildman–Crippen MR) is 144 cm³/mol. The maximum absolute atomic E-state index is 12.5. The summed E-state index contributed by atoms with van der Waals surface area (Å²) in [5.74, 6) is -0.0479. The Hall–Kier alpha value is -1.94. The van der Waals surface area contributed by atoms with Crippen molar-refractivity contribution < 1.29 is 19.2 Å². The van der Waals surface area contributed by atoms with Crippen LogP contribution in [-0.2, 0) is 14.4 Å². The van der Waals surface area contributed by atoms with E-state index in [4.69, 9.17) is 24.4 Å². The van der Waals surface area contributed by atoms with Crippen molar-refractivity contribution >= 4 is 58.0 Å². The third-order valence-corrected chi connectivity index (χ3v) is 7.74. The van der Waals surface area contributed by atoms with Gasteiger partial charge < -0.3 is 14.7 Å². The second kappa shape index (κ2) is 11.9. The van der Waals surface area contributed by atoms with Gasteiger partial charge in [0.25, 0.3) is 5.91 Å². The molecule has 0 unspecified atom stereocenters. The number of hydrogen-bond acceptors (Lipinski definition) is 6. The summed E-state index contributed by atoms with van der Waals surface area (Å²) in [5.41, 5.74) is -1.06. The lowest BCUT2D eigenvalue weighted by molar-refractivity contribution is -0.130. The molecule has 0 aromatic rings. The Labute approximate surface area is 220 Å². The molecular weight excluding hydrogens is 484 g/mol. The van der Waals surface area contributed by atoms with Gasteiger partial charge in [-0.3, -0.25) is 19.3 Å². The number of hydrogen-bond donors (Lipinski definition) is 0. The van der Waals surface area contributed by atoms with Crippen LogP contribution >= 0.6 is 24.4 Å². The number of thiocarbonyl (C=S) groups is 2. The smallest absolute Gasteiger partial charge is 0.327 e. The Kier molecular flexibility index (Phi) is 9.93. The van der Waals surface area contributed by atoms with Crippen molar-refractivity contribution in [2.45, 2.75) is 97.6 Å². The van der Waals surface area contributed by atoms with Crippen LogP contribution in [0.2, 0.25) is 0 Å². The highest BCUT2D eigenvalue weighted by molar-refractivity contribution is 7.82. The molecule has 0 spiro atoms. The molecule has 0 atom stereocenters. The van der Waals surface area contributed by atoms with Crippen molar-refractivity contribution in [3.05, 3.63) is 0 Å². The first-order valence-electron chi connectivity index (χ1n) is 12.5. The zero-order valence-electron chi connectivity index (χ0n) is 22.0. The van der Waals surface area contributed by atoms with Crippen LogP contribution in [-0.4, -0.2) is 90.5 Å². The molecule has 0 bridgehead atoms. The second-order valence-corrected chi connectivity index (χ2v) is 11.4. The first kappa shape index (κ1) is 29.3. The summed E-state index contributed by atoms with van der Waals surface area (Å²) in [4.78, 5) is 57.3. The molecule has 2 aliphatic rings. The number of ketones is 2. The summed E-state index contributed by atoms with van der Waals surface area (Å²) >= 11 is 11.1. The monoisotopic (exact) mass is 524 g/mol. The Morgan fingerprint density at radius 2 is 1.26 bits per heavy atom. The standard InChI is InChI=1S/C25H40N4O4S2/c1-7-26-16-20(32)28(22(26)33)24(3,4)14-12-18(30)10-9-11-19(31)13-15-25(5,6)29-21(34)17-27(8-2)23(29)35/h7-17H2,1-6H3. The van der Waals surface area contributed by atoms with Gasteiger partial charge in [0.1, 0.15) is 23.1 Å². The zero-order chi connectivity index (χ0) is 26.6. The van der Waals surface area contributed by atoms with Gasteiger partial charge in [0.15, 0.2) is 5.11 Å². The van der Waals surface area contributed by atoms with E-state index in [-0.39, 0.29) is 42.0 Å². The average molecular weight is 525 g/mol. The molecule has 0 radical (unpaired) electrons. The number of carbonyl (C=O) groups excluding carboxylic acids is 4. The molecule has 2 aliphatic heterocycles. The minimum Gasteiger partial charge on any atom is -0.342 e. The number of rotatable bonds is 14. The van der Waals surface area contributed by atoms with Crippen molar-refractivity contribution in [1.82, 2.24) is 19.6 Å². The lowest BCUT2D eigenvalue weighted by Crippen LogP contribution is -2.48. The van der Waals surface area contributed by atoms with E-state index in [1.807, 2.05) is 32.6 Å². The highest BCUT2D eigenvalue weighted by Crippen LogP contribution is 2.29. The largest absolute Gasteiger partial charge is 0.342 e. The molecule has 2 rings (SSSR count). The lowest BCUT2D eigenvalue weighted by Gasteiger charge is -2.36. The van der Waals surface area contributed by atoms with Crippen LogP contribution in [0.15, 0.2) is 0 Å². The van der Waals surface area contributed by atoms with Crippen LogP contribution in [0.1, 0.15) is 86.5 Å². The zero-order valence-corrected chi connectivity index (χ0v) is 23.6. The Balaban J connectivity index is 1.74. The quantitative estimate of drug-likeness (QED) is 0.250. The fourth-order valence-electron chi connectivity index (χ4n) is 4.63. The fourth-order valence-corrected chi connectivity index (χ4v) is 5.73. The normalized spacial score (nSPS) is 17.3. The molecular formula is C25H40N4O4S2. The molecule has 3 amide bonds. The van der Waals surface area contributed by atoms with Gasteiger partial charge in [0.2, 0.25) is 0 Å². The van der Waals surface area contributed by atoms with E-state index in [9.17, 15) is 19.2 Å². The number of urea groups is 1.